The Balaban J connectivity index is 1.44. The number of hydrogen-bond acceptors (Lipinski definition) is 5. The molecule has 1 fully saturated rings. The molecule has 1 atom stereocenters. The molecule has 31 heavy (non-hydrogen) atoms. The molecule has 0 saturated carbocycles. The first kappa shape index (κ1) is 20.7. The van der Waals surface area contributed by atoms with Crippen molar-refractivity contribution in [3.63, 3.8) is 0 Å². The van der Waals surface area contributed by atoms with Gasteiger partial charge in [-0.2, -0.15) is 5.10 Å². The topological polar surface area (TPSA) is 88.4 Å². The van der Waals surface area contributed by atoms with Crippen molar-refractivity contribution in [2.75, 3.05) is 19.6 Å². The molecule has 1 aliphatic heterocycles. The zero-order valence-electron chi connectivity index (χ0n) is 16.8. The maximum absolute atomic E-state index is 12.9. The lowest BCUT2D eigenvalue weighted by Gasteiger charge is -2.39. The molecule has 2 amide bonds. The van der Waals surface area contributed by atoms with Crippen molar-refractivity contribution < 1.29 is 14.4 Å². The Bertz CT molecular complexity index is 1120. The van der Waals surface area contributed by atoms with Crippen LogP contribution in [0.1, 0.15) is 27.6 Å². The highest BCUT2D eigenvalue weighted by Crippen LogP contribution is 2.22. The second-order valence-electron chi connectivity index (χ2n) is 7.30. The van der Waals surface area contributed by atoms with Gasteiger partial charge in [0.2, 0.25) is 5.78 Å². The van der Waals surface area contributed by atoms with E-state index in [1.807, 2.05) is 25.1 Å². The van der Waals surface area contributed by atoms with E-state index in [-0.39, 0.29) is 29.1 Å². The number of hydrogen-bond donors (Lipinski definition) is 0. The van der Waals surface area contributed by atoms with Crippen molar-refractivity contribution in [3.05, 3.63) is 77.3 Å². The first-order valence-corrected chi connectivity index (χ1v) is 10.2. The number of carbonyl (C=O) groups excluding carboxylic acids is 3. The summed E-state index contributed by atoms with van der Waals surface area (Å²) < 4.78 is 1.48. The molecule has 0 bridgehead atoms. The van der Waals surface area contributed by atoms with Crippen LogP contribution in [0.5, 0.6) is 0 Å². The Morgan fingerprint density at radius 2 is 1.81 bits per heavy atom. The van der Waals surface area contributed by atoms with Gasteiger partial charge in [-0.1, -0.05) is 29.8 Å². The number of carbonyl (C=O) groups is 3. The lowest BCUT2D eigenvalue weighted by atomic mass is 10.1. The fourth-order valence-corrected chi connectivity index (χ4v) is 3.89. The second-order valence-corrected chi connectivity index (χ2v) is 7.71. The van der Waals surface area contributed by atoms with Gasteiger partial charge in [0.05, 0.1) is 10.7 Å². The van der Waals surface area contributed by atoms with Crippen LogP contribution in [-0.2, 0) is 4.79 Å². The first-order chi connectivity index (χ1) is 15.0. The molecule has 0 N–H and O–H groups in total. The van der Waals surface area contributed by atoms with E-state index in [4.69, 9.17) is 11.6 Å². The third-order valence-corrected chi connectivity index (χ3v) is 5.57. The summed E-state index contributed by atoms with van der Waals surface area (Å²) in [6, 6.07) is 13.3. The van der Waals surface area contributed by atoms with E-state index in [2.05, 4.69) is 10.1 Å². The summed E-state index contributed by atoms with van der Waals surface area (Å²) in [5.41, 5.74) is 1.37. The van der Waals surface area contributed by atoms with Gasteiger partial charge in [-0.3, -0.25) is 14.4 Å². The standard InChI is InChI=1S/C22H20ClN5O3/c1-15-12-26(21(30)16-5-3-2-4-6-16)9-10-27(15)22(31)20(29)17-7-8-19(18(23)11-17)28-14-24-13-25-28/h2-8,11,13-15H,9-10,12H2,1H3/t15-/m1/s1. The van der Waals surface area contributed by atoms with Crippen LogP contribution >= 0.6 is 11.6 Å². The van der Waals surface area contributed by atoms with Gasteiger partial charge in [0.1, 0.15) is 12.7 Å². The molecule has 0 aliphatic carbocycles. The third-order valence-electron chi connectivity index (χ3n) is 5.27. The summed E-state index contributed by atoms with van der Waals surface area (Å²) in [4.78, 5) is 45.5. The Labute approximate surface area is 184 Å². The molecule has 9 heteroatoms. The van der Waals surface area contributed by atoms with E-state index in [1.165, 1.54) is 28.3 Å². The van der Waals surface area contributed by atoms with Crippen molar-refractivity contribution in [1.82, 2.24) is 24.6 Å². The lowest BCUT2D eigenvalue weighted by Crippen LogP contribution is -2.56. The molecule has 3 aromatic rings. The third kappa shape index (κ3) is 4.20. The van der Waals surface area contributed by atoms with Gasteiger partial charge in [-0.15, -0.1) is 0 Å². The molecule has 1 aliphatic rings. The SMILES string of the molecule is C[C@@H]1CN(C(=O)c2ccccc2)CCN1C(=O)C(=O)c1ccc(-n2cncn2)c(Cl)c1. The summed E-state index contributed by atoms with van der Waals surface area (Å²) in [7, 11) is 0. The molecule has 8 nitrogen and oxygen atoms in total. The minimum Gasteiger partial charge on any atom is -0.335 e. The zero-order valence-corrected chi connectivity index (χ0v) is 17.6. The number of piperazine rings is 1. The fourth-order valence-electron chi connectivity index (χ4n) is 3.63. The number of amides is 2. The minimum absolute atomic E-state index is 0.0821. The molecule has 0 radical (unpaired) electrons. The molecule has 1 saturated heterocycles. The van der Waals surface area contributed by atoms with Gasteiger partial charge >= 0.3 is 0 Å². The number of halogens is 1. The van der Waals surface area contributed by atoms with Gasteiger partial charge in [-0.05, 0) is 37.3 Å². The van der Waals surface area contributed by atoms with E-state index in [0.29, 0.717) is 24.3 Å². The molecule has 1 aromatic heterocycles. The van der Waals surface area contributed by atoms with Crippen LogP contribution < -0.4 is 0 Å². The van der Waals surface area contributed by atoms with Crippen LogP contribution in [0.3, 0.4) is 0 Å². The molecule has 0 unspecified atom stereocenters. The summed E-state index contributed by atoms with van der Waals surface area (Å²) in [6.07, 6.45) is 2.87. The van der Waals surface area contributed by atoms with Gasteiger partial charge in [0, 0.05) is 36.8 Å². The van der Waals surface area contributed by atoms with Gasteiger partial charge in [-0.25, -0.2) is 9.67 Å². The highest BCUT2D eigenvalue weighted by Gasteiger charge is 2.33. The van der Waals surface area contributed by atoms with Crippen molar-refractivity contribution in [2.24, 2.45) is 0 Å². The van der Waals surface area contributed by atoms with E-state index in [9.17, 15) is 14.4 Å². The quantitative estimate of drug-likeness (QED) is 0.462. The highest BCUT2D eigenvalue weighted by atomic mass is 35.5. The van der Waals surface area contributed by atoms with Gasteiger partial charge < -0.3 is 9.80 Å². The molecule has 0 spiro atoms. The van der Waals surface area contributed by atoms with Crippen LogP contribution in [0.4, 0.5) is 0 Å². The first-order valence-electron chi connectivity index (χ1n) is 9.80. The molecular weight excluding hydrogens is 418 g/mol. The van der Waals surface area contributed by atoms with Crippen LogP contribution in [0, 0.1) is 0 Å². The van der Waals surface area contributed by atoms with E-state index in [1.54, 1.807) is 29.2 Å². The molecule has 2 aromatic carbocycles. The number of aromatic nitrogens is 3. The van der Waals surface area contributed by atoms with Crippen LogP contribution in [-0.4, -0.2) is 67.8 Å². The number of nitrogens with zero attached hydrogens (tertiary/aromatic N) is 5. The van der Waals surface area contributed by atoms with Crippen LogP contribution in [0.15, 0.2) is 61.2 Å². The minimum atomic E-state index is -0.637. The number of ketones is 1. The lowest BCUT2D eigenvalue weighted by molar-refractivity contribution is -0.130. The normalized spacial score (nSPS) is 16.3. The Kier molecular flexibility index (Phi) is 5.81. The van der Waals surface area contributed by atoms with E-state index >= 15 is 0 Å². The Morgan fingerprint density at radius 1 is 1.03 bits per heavy atom. The average Bonchev–Trinajstić information content (AvgIpc) is 3.32. The Hall–Kier alpha value is -3.52. The number of Topliss-reactive ketones (excluding diaryl/α,β-unsaturated/α-hetero) is 1. The summed E-state index contributed by atoms with van der Waals surface area (Å²) in [6.45, 7) is 2.84. The predicted molar refractivity (Wildman–Crippen MR) is 114 cm³/mol. The largest absolute Gasteiger partial charge is 0.335 e. The summed E-state index contributed by atoms with van der Waals surface area (Å²) in [5.74, 6) is -1.33. The molecule has 4 rings (SSSR count). The maximum Gasteiger partial charge on any atom is 0.295 e. The molecule has 158 valence electrons. The van der Waals surface area contributed by atoms with Crippen LogP contribution in [0.2, 0.25) is 5.02 Å². The van der Waals surface area contributed by atoms with Crippen molar-refractivity contribution in [2.45, 2.75) is 13.0 Å². The van der Waals surface area contributed by atoms with E-state index < -0.39 is 11.7 Å². The van der Waals surface area contributed by atoms with Crippen molar-refractivity contribution in [3.8, 4) is 5.69 Å². The number of rotatable bonds is 4. The highest BCUT2D eigenvalue weighted by molar-refractivity contribution is 6.43. The summed E-state index contributed by atoms with van der Waals surface area (Å²) in [5, 5.41) is 4.30. The second kappa shape index (κ2) is 8.69. The van der Waals surface area contributed by atoms with Crippen LogP contribution in [0.25, 0.3) is 5.69 Å². The zero-order chi connectivity index (χ0) is 22.0. The monoisotopic (exact) mass is 437 g/mol. The predicted octanol–water partition coefficient (Wildman–Crippen LogP) is 2.48. The molecular formula is C22H20ClN5O3. The summed E-state index contributed by atoms with van der Waals surface area (Å²) >= 11 is 6.29. The van der Waals surface area contributed by atoms with Crippen molar-refractivity contribution in [1.29, 1.82) is 0 Å². The van der Waals surface area contributed by atoms with Crippen molar-refractivity contribution >= 4 is 29.2 Å². The number of benzene rings is 2. The fraction of sp³-hybridized carbons (Fsp3) is 0.227. The van der Waals surface area contributed by atoms with Gasteiger partial charge in [0.25, 0.3) is 11.8 Å². The molecule has 2 heterocycles. The smallest absolute Gasteiger partial charge is 0.295 e. The maximum atomic E-state index is 12.9. The average molecular weight is 438 g/mol. The van der Waals surface area contributed by atoms with E-state index in [0.717, 1.165) is 0 Å². The Morgan fingerprint density at radius 3 is 2.45 bits per heavy atom. The van der Waals surface area contributed by atoms with Gasteiger partial charge in [0.15, 0.2) is 0 Å².